The molecule has 0 atom stereocenters. The van der Waals surface area contributed by atoms with E-state index in [-0.39, 0.29) is 5.91 Å². The maximum absolute atomic E-state index is 11.8. The van der Waals surface area contributed by atoms with E-state index in [0.717, 1.165) is 17.3 Å². The van der Waals surface area contributed by atoms with Gasteiger partial charge in [-0.25, -0.2) is 0 Å². The van der Waals surface area contributed by atoms with Gasteiger partial charge in [-0.15, -0.1) is 0 Å². The van der Waals surface area contributed by atoms with Crippen LogP contribution in [-0.4, -0.2) is 16.9 Å². The molecule has 1 aromatic heterocycles. The second kappa shape index (κ2) is 4.75. The van der Waals surface area contributed by atoms with Crippen molar-refractivity contribution in [2.24, 2.45) is 0 Å². The lowest BCUT2D eigenvalue weighted by molar-refractivity contribution is 0.0937. The van der Waals surface area contributed by atoms with Gasteiger partial charge >= 0.3 is 0 Å². The predicted octanol–water partition coefficient (Wildman–Crippen LogP) is 2.52. The fourth-order valence-corrected chi connectivity index (χ4v) is 2.24. The van der Waals surface area contributed by atoms with Gasteiger partial charge in [-0.05, 0) is 34.8 Å². The third-order valence-electron chi connectivity index (χ3n) is 2.66. The molecule has 15 heavy (non-hydrogen) atoms. The van der Waals surface area contributed by atoms with E-state index in [1.807, 2.05) is 0 Å². The van der Waals surface area contributed by atoms with Gasteiger partial charge in [-0.3, -0.25) is 9.78 Å². The summed E-state index contributed by atoms with van der Waals surface area (Å²) in [7, 11) is 0. The minimum absolute atomic E-state index is 0.0179. The van der Waals surface area contributed by atoms with E-state index in [4.69, 9.17) is 0 Å². The van der Waals surface area contributed by atoms with Crippen molar-refractivity contribution in [1.29, 1.82) is 0 Å². The first-order valence-corrected chi connectivity index (χ1v) is 5.96. The summed E-state index contributed by atoms with van der Waals surface area (Å²) >= 11 is 3.30. The van der Waals surface area contributed by atoms with E-state index in [1.54, 1.807) is 18.5 Å². The third kappa shape index (κ3) is 2.78. The molecular weight excluding hydrogens is 256 g/mol. The van der Waals surface area contributed by atoms with Crippen molar-refractivity contribution in [2.75, 3.05) is 0 Å². The van der Waals surface area contributed by atoms with Crippen LogP contribution in [0.4, 0.5) is 0 Å². The van der Waals surface area contributed by atoms with Crippen molar-refractivity contribution >= 4 is 21.8 Å². The summed E-state index contributed by atoms with van der Waals surface area (Å²) < 4.78 is 0.835. The van der Waals surface area contributed by atoms with Crippen LogP contribution in [0.3, 0.4) is 0 Å². The number of hydrogen-bond donors (Lipinski definition) is 1. The molecule has 0 unspecified atom stereocenters. The maximum Gasteiger partial charge on any atom is 0.253 e. The van der Waals surface area contributed by atoms with Gasteiger partial charge in [-0.2, -0.15) is 0 Å². The number of pyridine rings is 1. The van der Waals surface area contributed by atoms with Gasteiger partial charge in [0, 0.05) is 22.9 Å². The number of aromatic nitrogens is 1. The van der Waals surface area contributed by atoms with Crippen LogP contribution < -0.4 is 5.32 Å². The second-order valence-electron chi connectivity index (χ2n) is 3.85. The third-order valence-corrected chi connectivity index (χ3v) is 3.09. The molecule has 0 spiro atoms. The zero-order valence-electron chi connectivity index (χ0n) is 8.37. The monoisotopic (exact) mass is 268 g/mol. The van der Waals surface area contributed by atoms with Crippen LogP contribution in [0.1, 0.15) is 36.0 Å². The summed E-state index contributed by atoms with van der Waals surface area (Å²) in [6, 6.07) is 2.15. The first-order valence-electron chi connectivity index (χ1n) is 5.17. The summed E-state index contributed by atoms with van der Waals surface area (Å²) in [5, 5.41) is 3.02. The number of carbonyl (C=O) groups is 1. The lowest BCUT2D eigenvalue weighted by Crippen LogP contribution is -2.32. The zero-order chi connectivity index (χ0) is 10.7. The number of nitrogens with one attached hydrogen (secondary N) is 1. The Kier molecular flexibility index (Phi) is 3.36. The number of nitrogens with zero attached hydrogens (tertiary/aromatic N) is 1. The van der Waals surface area contributed by atoms with Crippen molar-refractivity contribution in [3.8, 4) is 0 Å². The molecule has 2 rings (SSSR count). The van der Waals surface area contributed by atoms with Crippen molar-refractivity contribution in [3.63, 3.8) is 0 Å². The Morgan fingerprint density at radius 3 is 2.80 bits per heavy atom. The second-order valence-corrected chi connectivity index (χ2v) is 4.76. The fraction of sp³-hybridized carbons (Fsp3) is 0.455. The SMILES string of the molecule is O=C(NC1CCCC1)c1cncc(Br)c1. The highest BCUT2D eigenvalue weighted by atomic mass is 79.9. The number of carbonyl (C=O) groups excluding carboxylic acids is 1. The summed E-state index contributed by atoms with van der Waals surface area (Å²) in [5.41, 5.74) is 0.622. The van der Waals surface area contributed by atoms with Crippen LogP contribution in [0.2, 0.25) is 0 Å². The molecule has 0 aliphatic heterocycles. The van der Waals surface area contributed by atoms with Gasteiger partial charge in [0.25, 0.3) is 5.91 Å². The summed E-state index contributed by atoms with van der Waals surface area (Å²) in [4.78, 5) is 15.8. The van der Waals surface area contributed by atoms with E-state index in [9.17, 15) is 4.79 Å². The number of amides is 1. The normalized spacial score (nSPS) is 16.6. The Hall–Kier alpha value is -0.900. The van der Waals surface area contributed by atoms with E-state index < -0.39 is 0 Å². The largest absolute Gasteiger partial charge is 0.349 e. The minimum atomic E-state index is -0.0179. The molecule has 0 saturated heterocycles. The predicted molar refractivity (Wildman–Crippen MR) is 61.7 cm³/mol. The molecule has 1 saturated carbocycles. The molecule has 1 aromatic rings. The minimum Gasteiger partial charge on any atom is -0.349 e. The van der Waals surface area contributed by atoms with E-state index in [0.29, 0.717) is 11.6 Å². The molecule has 3 nitrogen and oxygen atoms in total. The van der Waals surface area contributed by atoms with Crippen LogP contribution in [0.25, 0.3) is 0 Å². The first kappa shape index (κ1) is 10.6. The van der Waals surface area contributed by atoms with Gasteiger partial charge in [0.2, 0.25) is 0 Å². The van der Waals surface area contributed by atoms with Crippen molar-refractivity contribution in [3.05, 3.63) is 28.5 Å². The number of halogens is 1. The fourth-order valence-electron chi connectivity index (χ4n) is 1.87. The molecule has 1 fully saturated rings. The molecule has 0 aromatic carbocycles. The maximum atomic E-state index is 11.8. The molecule has 1 aliphatic carbocycles. The van der Waals surface area contributed by atoms with Crippen molar-refractivity contribution in [1.82, 2.24) is 10.3 Å². The Bertz CT molecular complexity index is 361. The van der Waals surface area contributed by atoms with Crippen LogP contribution in [0.5, 0.6) is 0 Å². The molecular formula is C11H13BrN2O. The Labute approximate surface area is 97.4 Å². The zero-order valence-corrected chi connectivity index (χ0v) is 9.96. The van der Waals surface area contributed by atoms with Crippen LogP contribution in [0.15, 0.2) is 22.9 Å². The quantitative estimate of drug-likeness (QED) is 0.896. The Morgan fingerprint density at radius 2 is 2.13 bits per heavy atom. The highest BCUT2D eigenvalue weighted by Crippen LogP contribution is 2.18. The number of rotatable bonds is 2. The van der Waals surface area contributed by atoms with E-state index >= 15 is 0 Å². The standard InChI is InChI=1S/C11H13BrN2O/c12-9-5-8(6-13-7-9)11(15)14-10-3-1-2-4-10/h5-7,10H,1-4H2,(H,14,15). The molecule has 0 bridgehead atoms. The molecule has 1 amide bonds. The van der Waals surface area contributed by atoms with E-state index in [2.05, 4.69) is 26.2 Å². The highest BCUT2D eigenvalue weighted by Gasteiger charge is 2.17. The van der Waals surface area contributed by atoms with Crippen LogP contribution in [-0.2, 0) is 0 Å². The Balaban J connectivity index is 2.01. The van der Waals surface area contributed by atoms with Crippen molar-refractivity contribution < 1.29 is 4.79 Å². The number of hydrogen-bond acceptors (Lipinski definition) is 2. The first-order chi connectivity index (χ1) is 7.25. The van der Waals surface area contributed by atoms with Crippen LogP contribution in [0, 0.1) is 0 Å². The highest BCUT2D eigenvalue weighted by molar-refractivity contribution is 9.10. The smallest absolute Gasteiger partial charge is 0.253 e. The van der Waals surface area contributed by atoms with Gasteiger partial charge in [0.1, 0.15) is 0 Å². The molecule has 1 heterocycles. The Morgan fingerprint density at radius 1 is 1.40 bits per heavy atom. The van der Waals surface area contributed by atoms with Crippen molar-refractivity contribution in [2.45, 2.75) is 31.7 Å². The summed E-state index contributed by atoms with van der Waals surface area (Å²) in [6.45, 7) is 0. The molecule has 1 aliphatic rings. The summed E-state index contributed by atoms with van der Waals surface area (Å²) in [5.74, 6) is -0.0179. The summed E-state index contributed by atoms with van der Waals surface area (Å²) in [6.07, 6.45) is 7.92. The van der Waals surface area contributed by atoms with E-state index in [1.165, 1.54) is 12.8 Å². The van der Waals surface area contributed by atoms with Gasteiger partial charge in [-0.1, -0.05) is 12.8 Å². The topological polar surface area (TPSA) is 42.0 Å². The van der Waals surface area contributed by atoms with Crippen LogP contribution >= 0.6 is 15.9 Å². The average Bonchev–Trinajstić information content (AvgIpc) is 2.70. The lowest BCUT2D eigenvalue weighted by atomic mass is 10.2. The molecule has 4 heteroatoms. The molecule has 1 N–H and O–H groups in total. The van der Waals surface area contributed by atoms with Gasteiger partial charge < -0.3 is 5.32 Å². The molecule has 0 radical (unpaired) electrons. The van der Waals surface area contributed by atoms with Gasteiger partial charge in [0.05, 0.1) is 5.56 Å². The molecule has 80 valence electrons. The lowest BCUT2D eigenvalue weighted by Gasteiger charge is -2.11. The average molecular weight is 269 g/mol. The van der Waals surface area contributed by atoms with Gasteiger partial charge in [0.15, 0.2) is 0 Å².